The minimum absolute atomic E-state index is 0.0856. The number of aryl methyl sites for hydroxylation is 1. The molecule has 2 N–H and O–H groups in total. The van der Waals surface area contributed by atoms with Crippen molar-refractivity contribution in [1.82, 2.24) is 15.3 Å². The number of ether oxygens (including phenoxy) is 1. The second kappa shape index (κ2) is 8.67. The van der Waals surface area contributed by atoms with E-state index in [-0.39, 0.29) is 23.7 Å². The van der Waals surface area contributed by atoms with Crippen LogP contribution in [-0.4, -0.2) is 41.2 Å². The second-order valence-corrected chi connectivity index (χ2v) is 7.15. The van der Waals surface area contributed by atoms with Crippen LogP contribution in [0.1, 0.15) is 40.9 Å². The molecule has 1 heterocycles. The number of benzene rings is 1. The lowest BCUT2D eigenvalue weighted by Gasteiger charge is -2.23. The molecule has 3 rings (SSSR count). The Morgan fingerprint density at radius 3 is 2.62 bits per heavy atom. The highest BCUT2D eigenvalue weighted by atomic mass is 19.4. The highest BCUT2D eigenvalue weighted by Gasteiger charge is 2.31. The second-order valence-electron chi connectivity index (χ2n) is 7.15. The molecule has 1 fully saturated rings. The summed E-state index contributed by atoms with van der Waals surface area (Å²) in [5.41, 5.74) is 1.28. The normalized spacial score (nSPS) is 19.1. The van der Waals surface area contributed by atoms with E-state index in [1.54, 1.807) is 12.1 Å². The Hall–Kier alpha value is -2.84. The van der Waals surface area contributed by atoms with E-state index in [0.29, 0.717) is 17.1 Å². The van der Waals surface area contributed by atoms with E-state index in [2.05, 4.69) is 20.6 Å². The summed E-state index contributed by atoms with van der Waals surface area (Å²) in [5.74, 6) is 0.660. The molecule has 6 nitrogen and oxygen atoms in total. The number of nitrogens with zero attached hydrogens (tertiary/aromatic N) is 2. The van der Waals surface area contributed by atoms with Gasteiger partial charge in [0.15, 0.2) is 0 Å². The van der Waals surface area contributed by atoms with Gasteiger partial charge in [0.1, 0.15) is 11.6 Å². The van der Waals surface area contributed by atoms with Crippen LogP contribution in [0.15, 0.2) is 30.6 Å². The molecule has 2 aromatic rings. The fourth-order valence-electron chi connectivity index (χ4n) is 3.47. The van der Waals surface area contributed by atoms with Crippen LogP contribution in [-0.2, 0) is 6.42 Å². The molecular weight excluding hydrogens is 385 g/mol. The zero-order valence-corrected chi connectivity index (χ0v) is 16.2. The highest BCUT2D eigenvalue weighted by molar-refractivity contribution is 5.97. The molecular formula is C20H23F3N4O2. The van der Waals surface area contributed by atoms with Gasteiger partial charge in [-0.3, -0.25) is 9.78 Å². The molecule has 9 heteroatoms. The van der Waals surface area contributed by atoms with Crippen molar-refractivity contribution in [3.8, 4) is 5.75 Å². The Labute approximate surface area is 166 Å². The lowest BCUT2D eigenvalue weighted by atomic mass is 10.1. The number of hydrogen-bond acceptors (Lipinski definition) is 5. The van der Waals surface area contributed by atoms with Gasteiger partial charge < -0.3 is 15.4 Å². The summed E-state index contributed by atoms with van der Waals surface area (Å²) >= 11 is 0. The van der Waals surface area contributed by atoms with Crippen LogP contribution in [0.3, 0.4) is 0 Å². The van der Waals surface area contributed by atoms with Crippen molar-refractivity contribution in [1.29, 1.82) is 0 Å². The van der Waals surface area contributed by atoms with E-state index < -0.39 is 12.6 Å². The highest BCUT2D eigenvalue weighted by Crippen LogP contribution is 2.25. The van der Waals surface area contributed by atoms with Crippen LogP contribution in [0.2, 0.25) is 0 Å². The van der Waals surface area contributed by atoms with E-state index in [0.717, 1.165) is 31.0 Å². The molecule has 0 bridgehead atoms. The first kappa shape index (κ1) is 20.9. The third kappa shape index (κ3) is 5.58. The molecule has 1 aromatic carbocycles. The van der Waals surface area contributed by atoms with E-state index in [4.69, 9.17) is 4.74 Å². The molecule has 0 saturated heterocycles. The van der Waals surface area contributed by atoms with Gasteiger partial charge in [0.2, 0.25) is 0 Å². The van der Waals surface area contributed by atoms with Crippen molar-refractivity contribution < 1.29 is 22.7 Å². The van der Waals surface area contributed by atoms with Crippen LogP contribution in [0.5, 0.6) is 5.75 Å². The minimum Gasteiger partial charge on any atom is -0.496 e. The van der Waals surface area contributed by atoms with E-state index in [1.165, 1.54) is 13.3 Å². The van der Waals surface area contributed by atoms with Crippen molar-refractivity contribution in [3.63, 3.8) is 0 Å². The van der Waals surface area contributed by atoms with Crippen LogP contribution in [0.4, 0.5) is 19.0 Å². The SMILES string of the molecule is COc1ccc(C)cc1C(=O)N[C@H]1CCC[C@@H]1Nc1cnc(CC(F)(F)F)cn1. The van der Waals surface area contributed by atoms with Crippen LogP contribution in [0.25, 0.3) is 0 Å². The van der Waals surface area contributed by atoms with Crippen molar-refractivity contribution in [2.24, 2.45) is 0 Å². The summed E-state index contributed by atoms with van der Waals surface area (Å²) in [7, 11) is 1.52. The van der Waals surface area contributed by atoms with E-state index >= 15 is 0 Å². The zero-order valence-electron chi connectivity index (χ0n) is 16.2. The molecule has 1 aliphatic carbocycles. The number of alkyl halides is 3. The predicted molar refractivity (Wildman–Crippen MR) is 102 cm³/mol. The number of carbonyl (C=O) groups is 1. The number of carbonyl (C=O) groups excluding carboxylic acids is 1. The standard InChI is InChI=1S/C20H23F3N4O2/c1-12-6-7-17(29-2)14(8-12)19(28)27-16-5-3-4-15(16)26-18-11-24-13(10-25-18)9-20(21,22)23/h6-8,10-11,15-16H,3-5,9H2,1-2H3,(H,25,26)(H,27,28)/t15-,16-/m0/s1. The number of nitrogens with one attached hydrogen (secondary N) is 2. The lowest BCUT2D eigenvalue weighted by Crippen LogP contribution is -2.43. The van der Waals surface area contributed by atoms with Crippen LogP contribution < -0.4 is 15.4 Å². The average Bonchev–Trinajstić information content (AvgIpc) is 3.08. The molecule has 0 aliphatic heterocycles. The first-order valence-corrected chi connectivity index (χ1v) is 9.35. The molecule has 29 heavy (non-hydrogen) atoms. The van der Waals surface area contributed by atoms with Gasteiger partial charge in [0.25, 0.3) is 5.91 Å². The van der Waals surface area contributed by atoms with Gasteiger partial charge in [-0.05, 0) is 38.3 Å². The maximum atomic E-state index is 12.8. The van der Waals surface area contributed by atoms with Crippen molar-refractivity contribution >= 4 is 11.7 Å². The first-order valence-electron chi connectivity index (χ1n) is 9.35. The summed E-state index contributed by atoms with van der Waals surface area (Å²) in [5, 5.41) is 6.21. The summed E-state index contributed by atoms with van der Waals surface area (Å²) < 4.78 is 42.6. The maximum Gasteiger partial charge on any atom is 0.394 e. The molecule has 2 atom stereocenters. The summed E-state index contributed by atoms with van der Waals surface area (Å²) in [4.78, 5) is 20.6. The summed E-state index contributed by atoms with van der Waals surface area (Å²) in [6, 6.07) is 5.18. The Morgan fingerprint density at radius 2 is 1.97 bits per heavy atom. The molecule has 1 aliphatic rings. The number of methoxy groups -OCH3 is 1. The summed E-state index contributed by atoms with van der Waals surface area (Å²) in [6.45, 7) is 1.90. The topological polar surface area (TPSA) is 76.1 Å². The Balaban J connectivity index is 1.64. The number of halogens is 3. The van der Waals surface area contributed by atoms with E-state index in [1.807, 2.05) is 13.0 Å². The van der Waals surface area contributed by atoms with Crippen LogP contribution in [0, 0.1) is 6.92 Å². The molecule has 1 aromatic heterocycles. The van der Waals surface area contributed by atoms with Gasteiger partial charge in [0.05, 0.1) is 37.2 Å². The van der Waals surface area contributed by atoms with Gasteiger partial charge in [-0.2, -0.15) is 13.2 Å². The molecule has 1 amide bonds. The Kier molecular flexibility index (Phi) is 6.24. The Morgan fingerprint density at radius 1 is 1.21 bits per heavy atom. The molecule has 0 radical (unpaired) electrons. The first-order chi connectivity index (χ1) is 13.7. The van der Waals surface area contributed by atoms with Gasteiger partial charge in [-0.15, -0.1) is 0 Å². The van der Waals surface area contributed by atoms with Crippen molar-refractivity contribution in [2.75, 3.05) is 12.4 Å². The molecule has 0 spiro atoms. The van der Waals surface area contributed by atoms with Crippen molar-refractivity contribution in [3.05, 3.63) is 47.4 Å². The number of amides is 1. The number of hydrogen-bond donors (Lipinski definition) is 2. The zero-order chi connectivity index (χ0) is 21.0. The third-order valence-corrected chi connectivity index (χ3v) is 4.85. The summed E-state index contributed by atoms with van der Waals surface area (Å²) in [6.07, 6.45) is -0.508. The quantitative estimate of drug-likeness (QED) is 0.763. The number of anilines is 1. The van der Waals surface area contributed by atoms with E-state index in [9.17, 15) is 18.0 Å². The largest absolute Gasteiger partial charge is 0.496 e. The van der Waals surface area contributed by atoms with Crippen LogP contribution >= 0.6 is 0 Å². The van der Waals surface area contributed by atoms with Gasteiger partial charge in [-0.25, -0.2) is 4.98 Å². The maximum absolute atomic E-state index is 12.8. The number of rotatable bonds is 6. The third-order valence-electron chi connectivity index (χ3n) is 4.85. The molecule has 0 unspecified atom stereocenters. The van der Waals surface area contributed by atoms with Gasteiger partial charge >= 0.3 is 6.18 Å². The van der Waals surface area contributed by atoms with Crippen molar-refractivity contribution in [2.45, 2.75) is 50.9 Å². The van der Waals surface area contributed by atoms with Gasteiger partial charge in [-0.1, -0.05) is 11.6 Å². The number of aromatic nitrogens is 2. The molecule has 1 saturated carbocycles. The molecule has 156 valence electrons. The fourth-order valence-corrected chi connectivity index (χ4v) is 3.47. The average molecular weight is 408 g/mol. The van der Waals surface area contributed by atoms with Gasteiger partial charge in [0, 0.05) is 12.1 Å². The monoisotopic (exact) mass is 408 g/mol. The minimum atomic E-state index is -4.32. The lowest BCUT2D eigenvalue weighted by molar-refractivity contribution is -0.127. The Bertz CT molecular complexity index is 856. The fraction of sp³-hybridized carbons (Fsp3) is 0.450. The smallest absolute Gasteiger partial charge is 0.394 e. The predicted octanol–water partition coefficient (Wildman–Crippen LogP) is 3.66.